The van der Waals surface area contributed by atoms with Gasteiger partial charge in [0.1, 0.15) is 0 Å². The lowest BCUT2D eigenvalue weighted by atomic mass is 9.88. The third-order valence-corrected chi connectivity index (χ3v) is 4.94. The highest BCUT2D eigenvalue weighted by Crippen LogP contribution is 2.43. The first-order valence-electron chi connectivity index (χ1n) is 7.66. The highest BCUT2D eigenvalue weighted by molar-refractivity contribution is 6.04. The van der Waals surface area contributed by atoms with Crippen LogP contribution in [0.1, 0.15) is 33.0 Å². The lowest BCUT2D eigenvalue weighted by Gasteiger charge is -2.17. The summed E-state index contributed by atoms with van der Waals surface area (Å²) in [5.41, 5.74) is 4.69. The van der Waals surface area contributed by atoms with E-state index in [0.29, 0.717) is 11.7 Å². The molecular weight excluding hydrogens is 258 g/mol. The zero-order chi connectivity index (χ0) is 14.4. The van der Waals surface area contributed by atoms with E-state index >= 15 is 0 Å². The van der Waals surface area contributed by atoms with Crippen LogP contribution in [0.3, 0.4) is 0 Å². The zero-order valence-corrected chi connectivity index (χ0v) is 12.2. The van der Waals surface area contributed by atoms with E-state index in [4.69, 9.17) is 0 Å². The topological polar surface area (TPSA) is 29.1 Å². The molecule has 2 aliphatic rings. The number of hydrogen-bond acceptors (Lipinski definition) is 2. The number of carbonyl (C=O) groups excluding carboxylic acids is 1. The van der Waals surface area contributed by atoms with Crippen LogP contribution in [0.15, 0.2) is 48.5 Å². The summed E-state index contributed by atoms with van der Waals surface area (Å²) >= 11 is 0. The fraction of sp³-hybridized carbons (Fsp3) is 0.316. The minimum atomic E-state index is 0.113. The van der Waals surface area contributed by atoms with Gasteiger partial charge in [-0.05, 0) is 30.5 Å². The highest BCUT2D eigenvalue weighted by Gasteiger charge is 2.47. The molecule has 1 N–H and O–H groups in total. The lowest BCUT2D eigenvalue weighted by Crippen LogP contribution is -2.32. The monoisotopic (exact) mass is 277 g/mol. The van der Waals surface area contributed by atoms with Crippen LogP contribution in [0.2, 0.25) is 0 Å². The van der Waals surface area contributed by atoms with E-state index in [1.807, 2.05) is 6.07 Å². The first-order valence-corrected chi connectivity index (χ1v) is 7.66. The van der Waals surface area contributed by atoms with Crippen LogP contribution in [0.25, 0.3) is 0 Å². The normalized spacial score (nSPS) is 26.7. The Balaban J connectivity index is 1.64. The summed E-state index contributed by atoms with van der Waals surface area (Å²) < 4.78 is 0. The van der Waals surface area contributed by atoms with Gasteiger partial charge in [0.25, 0.3) is 0 Å². The molecule has 3 atom stereocenters. The van der Waals surface area contributed by atoms with Crippen LogP contribution < -0.4 is 5.32 Å². The standard InChI is InChI=1S/C19H19NO/c1-12-7-8-14-15(9-12)19(21)18-16(14)11-20-17(18)10-13-5-3-2-4-6-13/h2-9,16-18,20H,10-11H2,1H3. The van der Waals surface area contributed by atoms with Crippen molar-refractivity contribution in [3.8, 4) is 0 Å². The second kappa shape index (κ2) is 4.81. The van der Waals surface area contributed by atoms with Crippen LogP contribution in [0, 0.1) is 12.8 Å². The van der Waals surface area contributed by atoms with E-state index in [1.165, 1.54) is 16.7 Å². The quantitative estimate of drug-likeness (QED) is 0.914. The Labute approximate surface area is 125 Å². The molecule has 106 valence electrons. The van der Waals surface area contributed by atoms with Crippen molar-refractivity contribution in [3.05, 3.63) is 70.8 Å². The summed E-state index contributed by atoms with van der Waals surface area (Å²) in [6.07, 6.45) is 0.931. The van der Waals surface area contributed by atoms with Gasteiger partial charge in [-0.25, -0.2) is 0 Å². The van der Waals surface area contributed by atoms with Gasteiger partial charge in [0.15, 0.2) is 5.78 Å². The second-order valence-corrected chi connectivity index (χ2v) is 6.29. The number of rotatable bonds is 2. The Bertz CT molecular complexity index is 692. The molecule has 1 fully saturated rings. The summed E-state index contributed by atoms with van der Waals surface area (Å²) in [6, 6.07) is 17.1. The molecular formula is C19H19NO. The minimum Gasteiger partial charge on any atom is -0.312 e. The van der Waals surface area contributed by atoms with Crippen molar-refractivity contribution in [1.82, 2.24) is 5.32 Å². The number of carbonyl (C=O) groups is 1. The maximum atomic E-state index is 12.8. The van der Waals surface area contributed by atoms with Gasteiger partial charge in [-0.3, -0.25) is 4.79 Å². The van der Waals surface area contributed by atoms with Crippen LogP contribution >= 0.6 is 0 Å². The van der Waals surface area contributed by atoms with Crippen molar-refractivity contribution in [2.45, 2.75) is 25.3 Å². The van der Waals surface area contributed by atoms with Gasteiger partial charge in [0.2, 0.25) is 0 Å². The van der Waals surface area contributed by atoms with Gasteiger partial charge in [0.05, 0.1) is 0 Å². The highest BCUT2D eigenvalue weighted by atomic mass is 16.1. The molecule has 2 aromatic carbocycles. The molecule has 2 nitrogen and oxygen atoms in total. The first-order chi connectivity index (χ1) is 10.2. The summed E-state index contributed by atoms with van der Waals surface area (Å²) in [5, 5.41) is 3.57. The summed E-state index contributed by atoms with van der Waals surface area (Å²) in [5.74, 6) is 0.813. The van der Waals surface area contributed by atoms with Crippen molar-refractivity contribution in [1.29, 1.82) is 0 Å². The summed E-state index contributed by atoms with van der Waals surface area (Å²) in [4.78, 5) is 12.8. The fourth-order valence-electron chi connectivity index (χ4n) is 3.94. The van der Waals surface area contributed by atoms with Crippen molar-refractivity contribution >= 4 is 5.78 Å². The molecule has 1 saturated heterocycles. The summed E-state index contributed by atoms with van der Waals surface area (Å²) in [6.45, 7) is 2.98. The molecule has 0 amide bonds. The Kier molecular flexibility index (Phi) is 2.93. The largest absolute Gasteiger partial charge is 0.312 e. The minimum absolute atomic E-state index is 0.113. The van der Waals surface area contributed by atoms with Crippen molar-refractivity contribution < 1.29 is 4.79 Å². The number of aryl methyl sites for hydroxylation is 1. The molecule has 1 heterocycles. The molecule has 2 aromatic rings. The Morgan fingerprint density at radius 1 is 1.14 bits per heavy atom. The second-order valence-electron chi connectivity index (χ2n) is 6.29. The van der Waals surface area contributed by atoms with E-state index in [-0.39, 0.29) is 12.0 Å². The molecule has 1 aliphatic carbocycles. The average Bonchev–Trinajstić information content (AvgIpc) is 3.01. The lowest BCUT2D eigenvalue weighted by molar-refractivity contribution is 0.0919. The van der Waals surface area contributed by atoms with Crippen molar-refractivity contribution in [3.63, 3.8) is 0 Å². The van der Waals surface area contributed by atoms with Crippen molar-refractivity contribution in [2.75, 3.05) is 6.54 Å². The van der Waals surface area contributed by atoms with E-state index in [0.717, 1.165) is 18.5 Å². The van der Waals surface area contributed by atoms with Gasteiger partial charge in [-0.15, -0.1) is 0 Å². The summed E-state index contributed by atoms with van der Waals surface area (Å²) in [7, 11) is 0. The molecule has 0 aromatic heterocycles. The maximum absolute atomic E-state index is 12.8. The third kappa shape index (κ3) is 2.02. The molecule has 21 heavy (non-hydrogen) atoms. The van der Waals surface area contributed by atoms with E-state index in [1.54, 1.807) is 0 Å². The Hall–Kier alpha value is -1.93. The molecule has 0 bridgehead atoms. The van der Waals surface area contributed by atoms with E-state index in [9.17, 15) is 4.79 Å². The number of hydrogen-bond donors (Lipinski definition) is 1. The molecule has 2 heteroatoms. The Morgan fingerprint density at radius 2 is 1.95 bits per heavy atom. The van der Waals surface area contributed by atoms with Gasteiger partial charge >= 0.3 is 0 Å². The zero-order valence-electron chi connectivity index (χ0n) is 12.2. The number of benzene rings is 2. The third-order valence-electron chi connectivity index (χ3n) is 4.94. The molecule has 4 rings (SSSR count). The van der Waals surface area contributed by atoms with Gasteiger partial charge in [-0.1, -0.05) is 48.0 Å². The first kappa shape index (κ1) is 12.8. The maximum Gasteiger partial charge on any atom is 0.168 e. The number of Topliss-reactive ketones (excluding diaryl/α,β-unsaturated/α-hetero) is 1. The number of fused-ring (bicyclic) bond motifs is 3. The number of ketones is 1. The van der Waals surface area contributed by atoms with Crippen LogP contribution in [-0.2, 0) is 6.42 Å². The molecule has 0 radical (unpaired) electrons. The molecule has 0 saturated carbocycles. The van der Waals surface area contributed by atoms with Gasteiger partial charge in [-0.2, -0.15) is 0 Å². The molecule has 3 unspecified atom stereocenters. The predicted octanol–water partition coefficient (Wildman–Crippen LogP) is 3.11. The number of nitrogens with one attached hydrogen (secondary N) is 1. The molecule has 0 spiro atoms. The Morgan fingerprint density at radius 3 is 2.76 bits per heavy atom. The SMILES string of the molecule is Cc1ccc2c(c1)C(=O)C1C(Cc3ccccc3)NCC21. The smallest absolute Gasteiger partial charge is 0.168 e. The average molecular weight is 277 g/mol. The van der Waals surface area contributed by atoms with Gasteiger partial charge < -0.3 is 5.32 Å². The predicted molar refractivity (Wildman–Crippen MR) is 83.7 cm³/mol. The molecule has 1 aliphatic heterocycles. The van der Waals surface area contributed by atoms with Crippen LogP contribution in [-0.4, -0.2) is 18.4 Å². The van der Waals surface area contributed by atoms with Gasteiger partial charge in [0, 0.05) is 30.0 Å². The van der Waals surface area contributed by atoms with Crippen molar-refractivity contribution in [2.24, 2.45) is 5.92 Å². The van der Waals surface area contributed by atoms with Crippen LogP contribution in [0.5, 0.6) is 0 Å². The van der Waals surface area contributed by atoms with E-state index < -0.39 is 0 Å². The van der Waals surface area contributed by atoms with E-state index in [2.05, 4.69) is 54.7 Å². The van der Waals surface area contributed by atoms with Crippen LogP contribution in [0.4, 0.5) is 0 Å². The fourth-order valence-corrected chi connectivity index (χ4v) is 3.94.